The first kappa shape index (κ1) is 34.4. The summed E-state index contributed by atoms with van der Waals surface area (Å²) in [7, 11) is 1.91. The third-order valence-corrected chi connectivity index (χ3v) is 11.2. The van der Waals surface area contributed by atoms with Crippen molar-refractivity contribution >= 4 is 39.1 Å². The van der Waals surface area contributed by atoms with Gasteiger partial charge in [-0.2, -0.15) is 9.97 Å². The fraction of sp³-hybridized carbons (Fsp3) is 0.500. The maximum absolute atomic E-state index is 16.8. The highest BCUT2D eigenvalue weighted by Gasteiger charge is 2.49. The number of aliphatic hydroxyl groups is 1. The molecule has 4 fully saturated rings. The quantitative estimate of drug-likeness (QED) is 0.248. The first-order valence-corrected chi connectivity index (χ1v) is 18.1. The van der Waals surface area contributed by atoms with Crippen molar-refractivity contribution in [3.63, 3.8) is 0 Å². The molecule has 0 amide bonds. The molecule has 2 aromatic heterocycles. The largest absolute Gasteiger partial charge is 0.461 e. The third-order valence-electron chi connectivity index (χ3n) is 10.8. The number of halogens is 3. The molecule has 51 heavy (non-hydrogen) atoms. The zero-order valence-corrected chi connectivity index (χ0v) is 29.5. The monoisotopic (exact) mass is 717 g/mol. The van der Waals surface area contributed by atoms with E-state index in [1.165, 1.54) is 0 Å². The molecular weight excluding hydrogens is 676 g/mol. The molecule has 0 spiro atoms. The van der Waals surface area contributed by atoms with Gasteiger partial charge in [0, 0.05) is 80.8 Å². The molecule has 6 heterocycles. The Morgan fingerprint density at radius 3 is 2.76 bits per heavy atom. The van der Waals surface area contributed by atoms with Gasteiger partial charge in [0.05, 0.1) is 30.7 Å². The van der Waals surface area contributed by atoms with Crippen molar-refractivity contribution in [3.8, 4) is 29.1 Å². The van der Waals surface area contributed by atoms with Gasteiger partial charge in [-0.05, 0) is 30.8 Å². The van der Waals surface area contributed by atoms with Crippen LogP contribution in [0.5, 0.6) is 6.01 Å². The molecule has 268 valence electrons. The highest BCUT2D eigenvalue weighted by atomic mass is 35.5. The van der Waals surface area contributed by atoms with Crippen LogP contribution in [0.25, 0.3) is 32.9 Å². The average Bonchev–Trinajstić information content (AvgIpc) is 3.64. The van der Waals surface area contributed by atoms with Gasteiger partial charge in [-0.25, -0.2) is 8.78 Å². The van der Waals surface area contributed by atoms with Crippen molar-refractivity contribution in [2.45, 2.75) is 37.2 Å². The molecule has 0 aliphatic carbocycles. The van der Waals surface area contributed by atoms with Crippen LogP contribution >= 0.6 is 11.6 Å². The minimum Gasteiger partial charge on any atom is -0.461 e. The Bertz CT molecular complexity index is 1980. The molecule has 4 aliphatic rings. The number of fused-ring (bicyclic) bond motifs is 3. The predicted molar refractivity (Wildman–Crippen MR) is 193 cm³/mol. The van der Waals surface area contributed by atoms with Gasteiger partial charge in [0.2, 0.25) is 0 Å². The second kappa shape index (κ2) is 14.4. The molecule has 4 aliphatic heterocycles. The molecule has 0 radical (unpaired) electrons. The summed E-state index contributed by atoms with van der Waals surface area (Å²) >= 11 is 6.62. The van der Waals surface area contributed by atoms with E-state index in [0.717, 1.165) is 37.9 Å². The van der Waals surface area contributed by atoms with E-state index in [4.69, 9.17) is 26.1 Å². The number of likely N-dealkylation sites (tertiary alicyclic amines) is 1. The lowest BCUT2D eigenvalue weighted by molar-refractivity contribution is -0.0275. The molecule has 13 heteroatoms. The zero-order chi connectivity index (χ0) is 35.1. The summed E-state index contributed by atoms with van der Waals surface area (Å²) in [5.74, 6) is 6.20. The summed E-state index contributed by atoms with van der Waals surface area (Å²) < 4.78 is 43.0. The molecule has 10 nitrogen and oxygen atoms in total. The highest BCUT2D eigenvalue weighted by molar-refractivity contribution is 6.36. The number of hydrogen-bond acceptors (Lipinski definition) is 10. The Morgan fingerprint density at radius 1 is 1.14 bits per heavy atom. The maximum atomic E-state index is 16.8. The Labute approximate surface area is 301 Å². The minimum atomic E-state index is -0.900. The number of pyridine rings is 1. The number of hydrogen-bond donors (Lipinski definition) is 1. The Balaban J connectivity index is 1.06. The number of morpholine rings is 1. The van der Waals surface area contributed by atoms with E-state index in [2.05, 4.69) is 31.6 Å². The van der Waals surface area contributed by atoms with E-state index in [1.54, 1.807) is 12.3 Å². The second-order valence-electron chi connectivity index (χ2n) is 14.3. The number of aliphatic hydroxyl groups excluding tert-OH is 1. The van der Waals surface area contributed by atoms with Crippen LogP contribution in [0, 0.1) is 23.6 Å². The number of nitrogens with zero attached hydrogens (tertiary/aromatic N) is 7. The van der Waals surface area contributed by atoms with Crippen LogP contribution in [0.15, 0.2) is 42.6 Å². The number of ether oxygens (including phenoxy) is 2. The minimum absolute atomic E-state index is 0.0427. The van der Waals surface area contributed by atoms with Gasteiger partial charge in [-0.1, -0.05) is 53.8 Å². The second-order valence-corrected chi connectivity index (χ2v) is 14.7. The number of benzene rings is 2. The van der Waals surface area contributed by atoms with E-state index in [-0.39, 0.29) is 29.7 Å². The van der Waals surface area contributed by atoms with Crippen molar-refractivity contribution in [1.82, 2.24) is 29.7 Å². The molecule has 2 aromatic carbocycles. The fourth-order valence-electron chi connectivity index (χ4n) is 8.20. The summed E-state index contributed by atoms with van der Waals surface area (Å²) in [6.07, 6.45) is 2.09. The summed E-state index contributed by atoms with van der Waals surface area (Å²) in [5, 5.41) is 13.2. The van der Waals surface area contributed by atoms with Gasteiger partial charge in [0.15, 0.2) is 12.0 Å². The third kappa shape index (κ3) is 6.83. The fourth-order valence-corrected chi connectivity index (χ4v) is 8.49. The van der Waals surface area contributed by atoms with E-state index >= 15 is 4.39 Å². The van der Waals surface area contributed by atoms with Crippen molar-refractivity contribution in [2.75, 3.05) is 84.1 Å². The standard InChI is InChI=1S/C38H42ClF2N7O3/c1-45(20-25-21-47(22-25)31(49)10-4-12-46-14-16-50-17-15-46)36-29-19-42-34(28-8-2-6-26-7-3-9-30(39)32(26)28)33(41)35(29)43-37(44-36)51-24-38-11-5-13-48(38)23-27(40)18-38/h2-3,6-9,19,25,27,31,49H,5,11-18,20-24H2,1H3/t27-,31?,38+/m1/s1. The van der Waals surface area contributed by atoms with Crippen molar-refractivity contribution in [2.24, 2.45) is 5.92 Å². The topological polar surface area (TPSA) is 90.3 Å². The number of anilines is 1. The summed E-state index contributed by atoms with van der Waals surface area (Å²) in [6, 6.07) is 11.2. The molecule has 4 saturated heterocycles. The van der Waals surface area contributed by atoms with Gasteiger partial charge >= 0.3 is 6.01 Å². The number of alkyl halides is 1. The first-order valence-electron chi connectivity index (χ1n) is 17.8. The Morgan fingerprint density at radius 2 is 1.94 bits per heavy atom. The zero-order valence-electron chi connectivity index (χ0n) is 28.7. The molecular formula is C38H42ClF2N7O3. The Kier molecular flexibility index (Phi) is 9.69. The van der Waals surface area contributed by atoms with Crippen LogP contribution in [-0.4, -0.2) is 132 Å². The molecule has 3 atom stereocenters. The lowest BCUT2D eigenvalue weighted by Gasteiger charge is -2.42. The van der Waals surface area contributed by atoms with Gasteiger partial charge in [-0.3, -0.25) is 19.7 Å². The molecule has 1 N–H and O–H groups in total. The molecule has 8 rings (SSSR count). The first-order chi connectivity index (χ1) is 24.8. The summed E-state index contributed by atoms with van der Waals surface area (Å²) in [4.78, 5) is 22.3. The SMILES string of the molecule is CN(CC1CN(C(O)C#CCN2CCOCC2)C1)c1nc(OC[C@@]23CCCN2C[C@H](F)C3)nc2c(F)c(-c3cccc4cccc(Cl)c34)ncc12. The van der Waals surface area contributed by atoms with Crippen LogP contribution in [0.4, 0.5) is 14.6 Å². The highest BCUT2D eigenvalue weighted by Crippen LogP contribution is 2.41. The smallest absolute Gasteiger partial charge is 0.319 e. The summed E-state index contributed by atoms with van der Waals surface area (Å²) in [6.45, 7) is 7.11. The maximum Gasteiger partial charge on any atom is 0.319 e. The van der Waals surface area contributed by atoms with Crippen LogP contribution in [0.3, 0.4) is 0 Å². The molecule has 0 bridgehead atoms. The van der Waals surface area contributed by atoms with Gasteiger partial charge in [0.25, 0.3) is 0 Å². The summed E-state index contributed by atoms with van der Waals surface area (Å²) in [5.41, 5.74) is 0.379. The van der Waals surface area contributed by atoms with Crippen molar-refractivity contribution in [3.05, 3.63) is 53.4 Å². The van der Waals surface area contributed by atoms with Crippen LogP contribution in [0.2, 0.25) is 5.02 Å². The molecule has 1 unspecified atom stereocenters. The van der Waals surface area contributed by atoms with E-state index < -0.39 is 23.8 Å². The lowest BCUT2D eigenvalue weighted by Crippen LogP contribution is -2.55. The van der Waals surface area contributed by atoms with E-state index in [1.807, 2.05) is 47.2 Å². The van der Waals surface area contributed by atoms with Gasteiger partial charge in [0.1, 0.15) is 29.8 Å². The number of rotatable bonds is 9. The number of aromatic nitrogens is 3. The van der Waals surface area contributed by atoms with Crippen LogP contribution in [0.1, 0.15) is 19.3 Å². The van der Waals surface area contributed by atoms with E-state index in [9.17, 15) is 9.50 Å². The van der Waals surface area contributed by atoms with Crippen molar-refractivity contribution < 1.29 is 23.4 Å². The van der Waals surface area contributed by atoms with E-state index in [0.29, 0.717) is 79.5 Å². The van der Waals surface area contributed by atoms with Gasteiger partial charge < -0.3 is 19.5 Å². The van der Waals surface area contributed by atoms with Gasteiger partial charge in [-0.15, -0.1) is 0 Å². The predicted octanol–water partition coefficient (Wildman–Crippen LogP) is 4.61. The Hall–Kier alpha value is -3.70. The molecule has 0 saturated carbocycles. The molecule has 4 aromatic rings. The average molecular weight is 718 g/mol. The normalized spacial score (nSPS) is 23.6. The lowest BCUT2D eigenvalue weighted by atomic mass is 9.95. The van der Waals surface area contributed by atoms with Crippen LogP contribution < -0.4 is 9.64 Å². The van der Waals surface area contributed by atoms with Crippen LogP contribution in [-0.2, 0) is 4.74 Å². The van der Waals surface area contributed by atoms with Crippen molar-refractivity contribution in [1.29, 1.82) is 0 Å².